The molecule has 31 heavy (non-hydrogen) atoms. The third kappa shape index (κ3) is 7.34. The number of anilines is 2. The smallest absolute Gasteiger partial charge is 0.311 e. The summed E-state index contributed by atoms with van der Waals surface area (Å²) in [6, 6.07) is 10.8. The van der Waals surface area contributed by atoms with Gasteiger partial charge in [0.05, 0.1) is 11.5 Å². The number of nitrogens with one attached hydrogen (secondary N) is 3. The zero-order valence-electron chi connectivity index (χ0n) is 17.3. The number of nitro groups is 1. The summed E-state index contributed by atoms with van der Waals surface area (Å²) in [6.07, 6.45) is 2.18. The molecule has 0 radical (unpaired) electrons. The first-order valence-corrected chi connectivity index (χ1v) is 10.2. The Morgan fingerprint density at radius 1 is 1.10 bits per heavy atom. The van der Waals surface area contributed by atoms with Crippen LogP contribution >= 0.6 is 12.2 Å². The highest BCUT2D eigenvalue weighted by Crippen LogP contribution is 2.28. The van der Waals surface area contributed by atoms with Gasteiger partial charge in [-0.3, -0.25) is 25.0 Å². The van der Waals surface area contributed by atoms with E-state index in [0.29, 0.717) is 17.8 Å². The van der Waals surface area contributed by atoms with Crippen LogP contribution in [0.1, 0.15) is 43.5 Å². The Kier molecular flexibility index (Phi) is 8.89. The molecular weight excluding hydrogens is 420 g/mol. The first kappa shape index (κ1) is 23.7. The maximum Gasteiger partial charge on any atom is 0.311 e. The predicted molar refractivity (Wildman–Crippen MR) is 123 cm³/mol. The van der Waals surface area contributed by atoms with Crippen molar-refractivity contribution in [3.63, 3.8) is 0 Å². The van der Waals surface area contributed by atoms with Crippen LogP contribution in [0.15, 0.2) is 42.5 Å². The molecule has 10 heteroatoms. The minimum Gasteiger partial charge on any atom is -0.487 e. The van der Waals surface area contributed by atoms with E-state index in [2.05, 4.69) is 16.0 Å². The highest BCUT2D eigenvalue weighted by atomic mass is 32.1. The van der Waals surface area contributed by atoms with Crippen LogP contribution < -0.4 is 20.7 Å². The predicted octanol–water partition coefficient (Wildman–Crippen LogP) is 4.25. The molecule has 0 aliphatic heterocycles. The quantitative estimate of drug-likeness (QED) is 0.300. The van der Waals surface area contributed by atoms with Crippen LogP contribution in [0.25, 0.3) is 0 Å². The van der Waals surface area contributed by atoms with Crippen LogP contribution in [-0.2, 0) is 4.79 Å². The number of thiocarbonyl (C=S) groups is 1. The summed E-state index contributed by atoms with van der Waals surface area (Å²) in [6.45, 7) is 3.98. The molecule has 2 rings (SSSR count). The molecule has 2 aromatic rings. The molecular formula is C21H24N4O5S. The topological polar surface area (TPSA) is 123 Å². The van der Waals surface area contributed by atoms with Crippen molar-refractivity contribution in [2.45, 2.75) is 33.1 Å². The molecule has 2 aromatic carbocycles. The van der Waals surface area contributed by atoms with Crippen molar-refractivity contribution >= 4 is 46.2 Å². The normalized spacial score (nSPS) is 10.1. The fourth-order valence-corrected chi connectivity index (χ4v) is 2.86. The Hall–Kier alpha value is -3.53. The SMILES string of the molecule is CCCCC(=O)Nc1cccc(NC(=S)NC(=O)c2ccc(OCC)c([N+](=O)[O-])c2)c1. The van der Waals surface area contributed by atoms with E-state index in [-0.39, 0.29) is 34.6 Å². The van der Waals surface area contributed by atoms with Crippen LogP contribution in [0.3, 0.4) is 0 Å². The van der Waals surface area contributed by atoms with Crippen LogP contribution in [-0.4, -0.2) is 28.5 Å². The van der Waals surface area contributed by atoms with Crippen molar-refractivity contribution in [3.8, 4) is 5.75 Å². The lowest BCUT2D eigenvalue weighted by molar-refractivity contribution is -0.385. The molecule has 9 nitrogen and oxygen atoms in total. The third-order valence-corrected chi connectivity index (χ3v) is 4.31. The summed E-state index contributed by atoms with van der Waals surface area (Å²) < 4.78 is 5.21. The maximum atomic E-state index is 12.4. The fraction of sp³-hybridized carbons (Fsp3) is 0.286. The highest BCUT2D eigenvalue weighted by Gasteiger charge is 2.19. The second-order valence-electron chi connectivity index (χ2n) is 6.51. The van der Waals surface area contributed by atoms with Crippen molar-refractivity contribution in [1.82, 2.24) is 5.32 Å². The van der Waals surface area contributed by atoms with Gasteiger partial charge < -0.3 is 15.4 Å². The number of carbonyl (C=O) groups is 2. The Labute approximate surface area is 185 Å². The number of ether oxygens (including phenoxy) is 1. The highest BCUT2D eigenvalue weighted by molar-refractivity contribution is 7.80. The number of rotatable bonds is 9. The second kappa shape index (κ2) is 11.6. The van der Waals surface area contributed by atoms with Gasteiger partial charge in [0.25, 0.3) is 5.91 Å². The molecule has 0 aliphatic rings. The van der Waals surface area contributed by atoms with Crippen molar-refractivity contribution in [3.05, 3.63) is 58.1 Å². The van der Waals surface area contributed by atoms with Gasteiger partial charge >= 0.3 is 5.69 Å². The summed E-state index contributed by atoms with van der Waals surface area (Å²) in [7, 11) is 0. The molecule has 0 fully saturated rings. The number of nitro benzene ring substituents is 1. The van der Waals surface area contributed by atoms with Crippen molar-refractivity contribution in [1.29, 1.82) is 0 Å². The first-order chi connectivity index (χ1) is 14.8. The number of hydrogen-bond acceptors (Lipinski definition) is 6. The van der Waals surface area contributed by atoms with E-state index in [0.717, 1.165) is 18.9 Å². The number of nitrogens with zero attached hydrogens (tertiary/aromatic N) is 1. The summed E-state index contributed by atoms with van der Waals surface area (Å²) in [4.78, 5) is 34.9. The molecule has 0 bridgehead atoms. The molecule has 3 N–H and O–H groups in total. The average molecular weight is 445 g/mol. The van der Waals surface area contributed by atoms with Gasteiger partial charge in [0.2, 0.25) is 5.91 Å². The Morgan fingerprint density at radius 2 is 1.81 bits per heavy atom. The lowest BCUT2D eigenvalue weighted by Crippen LogP contribution is -2.34. The minimum absolute atomic E-state index is 0.0102. The summed E-state index contributed by atoms with van der Waals surface area (Å²) in [5.41, 5.74) is 0.926. The Bertz CT molecular complexity index is 980. The van der Waals surface area contributed by atoms with Crippen molar-refractivity contribution in [2.75, 3.05) is 17.2 Å². The van der Waals surface area contributed by atoms with E-state index in [1.54, 1.807) is 31.2 Å². The van der Waals surface area contributed by atoms with Crippen LogP contribution in [0.4, 0.5) is 17.1 Å². The largest absolute Gasteiger partial charge is 0.487 e. The molecule has 2 amide bonds. The minimum atomic E-state index is -0.612. The number of carbonyl (C=O) groups excluding carboxylic acids is 2. The molecule has 0 saturated heterocycles. The number of hydrogen-bond donors (Lipinski definition) is 3. The van der Waals surface area contributed by atoms with E-state index in [9.17, 15) is 19.7 Å². The average Bonchev–Trinajstić information content (AvgIpc) is 2.72. The zero-order valence-corrected chi connectivity index (χ0v) is 18.1. The second-order valence-corrected chi connectivity index (χ2v) is 6.92. The summed E-state index contributed by atoms with van der Waals surface area (Å²) >= 11 is 5.16. The standard InChI is InChI=1S/C21H24N4O5S/c1-3-5-9-19(26)22-15-7-6-8-16(13-15)23-21(31)24-20(27)14-10-11-18(30-4-2)17(12-14)25(28)29/h6-8,10-13H,3-5,9H2,1-2H3,(H,22,26)(H2,23,24,27,31). The van der Waals surface area contributed by atoms with Gasteiger partial charge in [-0.15, -0.1) is 0 Å². The lowest BCUT2D eigenvalue weighted by atomic mass is 10.1. The van der Waals surface area contributed by atoms with Gasteiger partial charge in [-0.05, 0) is 55.9 Å². The fourth-order valence-electron chi connectivity index (χ4n) is 2.65. The lowest BCUT2D eigenvalue weighted by Gasteiger charge is -2.12. The Balaban J connectivity index is 2.02. The van der Waals surface area contributed by atoms with E-state index >= 15 is 0 Å². The summed E-state index contributed by atoms with van der Waals surface area (Å²) in [5, 5.41) is 19.4. The van der Waals surface area contributed by atoms with Crippen LogP contribution in [0, 0.1) is 10.1 Å². The molecule has 0 heterocycles. The number of unbranched alkanes of at least 4 members (excludes halogenated alkanes) is 1. The van der Waals surface area contributed by atoms with Gasteiger partial charge in [0.15, 0.2) is 10.9 Å². The van der Waals surface area contributed by atoms with E-state index in [1.807, 2.05) is 6.92 Å². The molecule has 0 spiro atoms. The van der Waals surface area contributed by atoms with Gasteiger partial charge in [0.1, 0.15) is 0 Å². The molecule has 0 saturated carbocycles. The van der Waals surface area contributed by atoms with Gasteiger partial charge in [0, 0.05) is 29.4 Å². The molecule has 0 atom stereocenters. The Morgan fingerprint density at radius 3 is 2.45 bits per heavy atom. The monoisotopic (exact) mass is 444 g/mol. The number of benzene rings is 2. The van der Waals surface area contributed by atoms with E-state index in [4.69, 9.17) is 17.0 Å². The van der Waals surface area contributed by atoms with Crippen LogP contribution in [0.5, 0.6) is 5.75 Å². The first-order valence-electron chi connectivity index (χ1n) is 9.77. The van der Waals surface area contributed by atoms with E-state index in [1.165, 1.54) is 12.1 Å². The van der Waals surface area contributed by atoms with Crippen molar-refractivity contribution < 1.29 is 19.2 Å². The molecule has 0 aliphatic carbocycles. The molecule has 164 valence electrons. The van der Waals surface area contributed by atoms with E-state index < -0.39 is 10.8 Å². The molecule has 0 unspecified atom stereocenters. The van der Waals surface area contributed by atoms with Crippen molar-refractivity contribution in [2.24, 2.45) is 0 Å². The van der Waals surface area contributed by atoms with Gasteiger partial charge in [-0.25, -0.2) is 0 Å². The van der Waals surface area contributed by atoms with Gasteiger partial charge in [-0.2, -0.15) is 0 Å². The van der Waals surface area contributed by atoms with Crippen LogP contribution in [0.2, 0.25) is 0 Å². The third-order valence-electron chi connectivity index (χ3n) is 4.11. The zero-order chi connectivity index (χ0) is 22.8. The maximum absolute atomic E-state index is 12.4. The van der Waals surface area contributed by atoms with Gasteiger partial charge in [-0.1, -0.05) is 19.4 Å². The molecule has 0 aromatic heterocycles. The number of amides is 2. The summed E-state index contributed by atoms with van der Waals surface area (Å²) in [5.74, 6) is -0.595.